The molecule has 2 aromatic heterocycles. The van der Waals surface area contributed by atoms with Gasteiger partial charge in [0.2, 0.25) is 0 Å². The van der Waals surface area contributed by atoms with Crippen LogP contribution in [0.2, 0.25) is 5.02 Å². The van der Waals surface area contributed by atoms with Crippen molar-refractivity contribution >= 4 is 50.5 Å². The van der Waals surface area contributed by atoms with Gasteiger partial charge in [-0.05, 0) is 48.5 Å². The fraction of sp³-hybridized carbons (Fsp3) is 0. The van der Waals surface area contributed by atoms with Gasteiger partial charge in [0.1, 0.15) is 22.6 Å². The fourth-order valence-electron chi connectivity index (χ4n) is 2.63. The molecule has 3 nitrogen and oxygen atoms in total. The van der Waals surface area contributed by atoms with Gasteiger partial charge in [-0.2, -0.15) is 5.26 Å². The first-order valence-electron chi connectivity index (χ1n) is 8.32. The van der Waals surface area contributed by atoms with Crippen LogP contribution in [0.1, 0.15) is 10.8 Å². The number of rotatable bonds is 4. The van der Waals surface area contributed by atoms with E-state index in [0.29, 0.717) is 21.4 Å². The molecular weight excluding hydrogens is 456 g/mol. The Bertz CT molecular complexity index is 1180. The van der Waals surface area contributed by atoms with E-state index in [1.807, 2.05) is 66.0 Å². The molecule has 0 aliphatic carbocycles. The second-order valence-electron chi connectivity index (χ2n) is 5.92. The van der Waals surface area contributed by atoms with Crippen molar-refractivity contribution in [2.75, 3.05) is 0 Å². The van der Waals surface area contributed by atoms with E-state index in [9.17, 15) is 5.26 Å². The maximum atomic E-state index is 9.60. The van der Waals surface area contributed by atoms with E-state index in [-0.39, 0.29) is 0 Å². The van der Waals surface area contributed by atoms with Crippen LogP contribution in [0.4, 0.5) is 0 Å². The van der Waals surface area contributed by atoms with E-state index in [1.54, 1.807) is 6.08 Å². The van der Waals surface area contributed by atoms with Gasteiger partial charge in [-0.25, -0.2) is 4.98 Å². The lowest BCUT2D eigenvalue weighted by Crippen LogP contribution is -1.82. The number of nitrogens with zero attached hydrogens (tertiary/aromatic N) is 2. The van der Waals surface area contributed by atoms with Gasteiger partial charge >= 0.3 is 0 Å². The van der Waals surface area contributed by atoms with Crippen LogP contribution in [0.3, 0.4) is 0 Å². The summed E-state index contributed by atoms with van der Waals surface area (Å²) < 4.78 is 6.88. The minimum atomic E-state index is 0.463. The van der Waals surface area contributed by atoms with Gasteiger partial charge in [-0.1, -0.05) is 39.7 Å². The van der Waals surface area contributed by atoms with Crippen LogP contribution in [0.15, 0.2) is 74.9 Å². The molecule has 0 fully saturated rings. The molecule has 0 atom stereocenters. The van der Waals surface area contributed by atoms with E-state index >= 15 is 0 Å². The second-order valence-corrected chi connectivity index (χ2v) is 8.13. The van der Waals surface area contributed by atoms with E-state index < -0.39 is 0 Å². The van der Waals surface area contributed by atoms with Crippen LogP contribution in [0, 0.1) is 11.3 Å². The van der Waals surface area contributed by atoms with Crippen LogP contribution >= 0.6 is 38.9 Å². The van der Waals surface area contributed by atoms with E-state index in [1.165, 1.54) is 11.3 Å². The van der Waals surface area contributed by atoms with Gasteiger partial charge in [0.05, 0.1) is 11.3 Å². The molecule has 0 unspecified atom stereocenters. The van der Waals surface area contributed by atoms with E-state index in [4.69, 9.17) is 16.0 Å². The molecule has 0 aliphatic rings. The number of aromatic nitrogens is 1. The Morgan fingerprint density at radius 3 is 2.46 bits per heavy atom. The van der Waals surface area contributed by atoms with Gasteiger partial charge in [0, 0.05) is 32.1 Å². The molecule has 136 valence electrons. The quantitative estimate of drug-likeness (QED) is 0.291. The Hall–Kier alpha value is -2.65. The summed E-state index contributed by atoms with van der Waals surface area (Å²) in [6, 6.07) is 21.3. The van der Waals surface area contributed by atoms with Crippen LogP contribution in [-0.4, -0.2) is 4.98 Å². The maximum absolute atomic E-state index is 9.60. The summed E-state index contributed by atoms with van der Waals surface area (Å²) in [5.74, 6) is 1.32. The molecule has 0 aliphatic heterocycles. The van der Waals surface area contributed by atoms with Crippen molar-refractivity contribution in [1.29, 1.82) is 5.26 Å². The highest BCUT2D eigenvalue weighted by Gasteiger charge is 2.11. The summed E-state index contributed by atoms with van der Waals surface area (Å²) >= 11 is 10.8. The smallest absolute Gasteiger partial charge is 0.134 e. The standard InChI is InChI=1S/C22H12BrClN2OS/c23-17-5-1-14(2-6-17)20-13-28-22(26-20)16(12-25)11-19-9-10-21(27-19)15-3-7-18(24)8-4-15/h1-11,13H/b16-11+. The Kier molecular flexibility index (Phi) is 5.45. The van der Waals surface area contributed by atoms with Gasteiger partial charge in [0.25, 0.3) is 0 Å². The van der Waals surface area contributed by atoms with Crippen molar-refractivity contribution in [3.63, 3.8) is 0 Å². The topological polar surface area (TPSA) is 49.8 Å². The van der Waals surface area contributed by atoms with E-state index in [2.05, 4.69) is 27.0 Å². The molecule has 0 amide bonds. The number of hydrogen-bond donors (Lipinski definition) is 0. The second kappa shape index (κ2) is 8.15. The number of halogens is 2. The lowest BCUT2D eigenvalue weighted by atomic mass is 10.2. The van der Waals surface area contributed by atoms with Gasteiger partial charge in [-0.3, -0.25) is 0 Å². The summed E-state index contributed by atoms with van der Waals surface area (Å²) in [6.45, 7) is 0. The highest BCUT2D eigenvalue weighted by atomic mass is 79.9. The number of benzene rings is 2. The zero-order valence-corrected chi connectivity index (χ0v) is 17.6. The molecule has 0 saturated heterocycles. The monoisotopic (exact) mass is 466 g/mol. The van der Waals surface area contributed by atoms with Crippen molar-refractivity contribution in [1.82, 2.24) is 4.98 Å². The number of allylic oxidation sites excluding steroid dienone is 1. The lowest BCUT2D eigenvalue weighted by Gasteiger charge is -1.97. The molecular formula is C22H12BrClN2OS. The van der Waals surface area contributed by atoms with Crippen molar-refractivity contribution < 1.29 is 4.42 Å². The van der Waals surface area contributed by atoms with Crippen molar-refractivity contribution in [2.24, 2.45) is 0 Å². The van der Waals surface area contributed by atoms with Gasteiger partial charge in [0.15, 0.2) is 0 Å². The van der Waals surface area contributed by atoms with Crippen LogP contribution < -0.4 is 0 Å². The maximum Gasteiger partial charge on any atom is 0.134 e. The van der Waals surface area contributed by atoms with Gasteiger partial charge < -0.3 is 4.42 Å². The van der Waals surface area contributed by atoms with Gasteiger partial charge in [-0.15, -0.1) is 11.3 Å². The molecule has 0 radical (unpaired) electrons. The summed E-state index contributed by atoms with van der Waals surface area (Å²) in [5.41, 5.74) is 3.24. The average molecular weight is 468 g/mol. The molecule has 4 rings (SSSR count). The Morgan fingerprint density at radius 2 is 1.75 bits per heavy atom. The lowest BCUT2D eigenvalue weighted by molar-refractivity contribution is 0.572. The molecule has 4 aromatic rings. The molecule has 0 N–H and O–H groups in total. The molecule has 2 heterocycles. The minimum absolute atomic E-state index is 0.463. The average Bonchev–Trinajstić information content (AvgIpc) is 3.37. The number of thiazole rings is 1. The Labute approximate surface area is 179 Å². The third-order valence-electron chi connectivity index (χ3n) is 4.04. The zero-order chi connectivity index (χ0) is 19.5. The molecule has 0 saturated carbocycles. The summed E-state index contributed by atoms with van der Waals surface area (Å²) in [4.78, 5) is 4.61. The fourth-order valence-corrected chi connectivity index (χ4v) is 3.82. The SMILES string of the molecule is N#C/C(=C\c1ccc(-c2ccc(Cl)cc2)o1)c1nc(-c2ccc(Br)cc2)cs1. The Balaban J connectivity index is 1.61. The Morgan fingerprint density at radius 1 is 1.04 bits per heavy atom. The highest BCUT2D eigenvalue weighted by molar-refractivity contribution is 9.10. The van der Waals surface area contributed by atoms with Crippen LogP contribution in [0.5, 0.6) is 0 Å². The first kappa shape index (κ1) is 18.7. The largest absolute Gasteiger partial charge is 0.457 e. The van der Waals surface area contributed by atoms with Crippen molar-refractivity contribution in [2.45, 2.75) is 0 Å². The molecule has 0 spiro atoms. The number of hydrogen-bond acceptors (Lipinski definition) is 4. The first-order chi connectivity index (χ1) is 13.6. The predicted octanol–water partition coefficient (Wildman–Crippen LogP) is 7.55. The number of nitriles is 1. The molecule has 0 bridgehead atoms. The van der Waals surface area contributed by atoms with Crippen LogP contribution in [0.25, 0.3) is 34.2 Å². The van der Waals surface area contributed by atoms with Crippen molar-refractivity contribution in [3.8, 4) is 28.7 Å². The summed E-state index contributed by atoms with van der Waals surface area (Å²) in [5, 5.41) is 12.9. The van der Waals surface area contributed by atoms with E-state index in [0.717, 1.165) is 27.1 Å². The zero-order valence-electron chi connectivity index (χ0n) is 14.4. The first-order valence-corrected chi connectivity index (χ1v) is 10.4. The molecule has 28 heavy (non-hydrogen) atoms. The van der Waals surface area contributed by atoms with Crippen molar-refractivity contribution in [3.05, 3.63) is 86.3 Å². The minimum Gasteiger partial charge on any atom is -0.457 e. The predicted molar refractivity (Wildman–Crippen MR) is 118 cm³/mol. The van der Waals surface area contributed by atoms with Crippen LogP contribution in [-0.2, 0) is 0 Å². The third kappa shape index (κ3) is 4.10. The number of furan rings is 1. The summed E-state index contributed by atoms with van der Waals surface area (Å²) in [6.07, 6.45) is 1.71. The summed E-state index contributed by atoms with van der Waals surface area (Å²) in [7, 11) is 0. The normalized spacial score (nSPS) is 11.4. The third-order valence-corrected chi connectivity index (χ3v) is 5.69. The molecule has 2 aromatic carbocycles. The highest BCUT2D eigenvalue weighted by Crippen LogP contribution is 2.29. The molecule has 6 heteroatoms.